The van der Waals surface area contributed by atoms with Gasteiger partial charge < -0.3 is 10.6 Å². The van der Waals surface area contributed by atoms with Crippen molar-refractivity contribution >= 4 is 23.2 Å². The van der Waals surface area contributed by atoms with Crippen LogP contribution in [-0.2, 0) is 4.79 Å². The summed E-state index contributed by atoms with van der Waals surface area (Å²) in [7, 11) is 0. The Labute approximate surface area is 130 Å². The lowest BCUT2D eigenvalue weighted by Gasteiger charge is -2.11. The fraction of sp³-hybridized carbons (Fsp3) is 0.235. The SMILES string of the molecule is Cc1ccc(NC(=O)C[NH2+][C@@H](C)c2ccccc2)cc1Cl. The number of quaternary nitrogens is 1. The summed E-state index contributed by atoms with van der Waals surface area (Å²) in [4.78, 5) is 12.0. The lowest BCUT2D eigenvalue weighted by molar-refractivity contribution is -0.682. The van der Waals surface area contributed by atoms with Gasteiger partial charge in [0.15, 0.2) is 6.54 Å². The quantitative estimate of drug-likeness (QED) is 0.876. The second-order valence-electron chi connectivity index (χ2n) is 5.15. The molecule has 3 N–H and O–H groups in total. The molecule has 4 heteroatoms. The zero-order chi connectivity index (χ0) is 15.2. The Kier molecular flexibility index (Phi) is 5.37. The zero-order valence-electron chi connectivity index (χ0n) is 12.3. The van der Waals surface area contributed by atoms with Crippen LogP contribution in [-0.4, -0.2) is 12.5 Å². The minimum absolute atomic E-state index is 0.0299. The normalized spacial score (nSPS) is 12.0. The predicted molar refractivity (Wildman–Crippen MR) is 86.5 cm³/mol. The molecular formula is C17H20ClN2O+. The Morgan fingerprint density at radius 2 is 1.95 bits per heavy atom. The number of hydrogen-bond acceptors (Lipinski definition) is 1. The first-order valence-electron chi connectivity index (χ1n) is 7.00. The van der Waals surface area contributed by atoms with E-state index in [1.807, 2.05) is 42.6 Å². The number of amides is 1. The van der Waals surface area contributed by atoms with E-state index in [9.17, 15) is 4.79 Å². The van der Waals surface area contributed by atoms with Crippen LogP contribution in [0.5, 0.6) is 0 Å². The molecule has 0 unspecified atom stereocenters. The van der Waals surface area contributed by atoms with Crippen LogP contribution in [0.1, 0.15) is 24.1 Å². The number of nitrogens with two attached hydrogens (primary N) is 1. The van der Waals surface area contributed by atoms with Crippen molar-refractivity contribution in [1.82, 2.24) is 0 Å². The molecule has 2 aromatic rings. The number of carbonyl (C=O) groups is 1. The maximum Gasteiger partial charge on any atom is 0.279 e. The first-order valence-corrected chi connectivity index (χ1v) is 7.38. The monoisotopic (exact) mass is 303 g/mol. The highest BCUT2D eigenvalue weighted by Gasteiger charge is 2.11. The summed E-state index contributed by atoms with van der Waals surface area (Å²) in [6.45, 7) is 4.40. The highest BCUT2D eigenvalue weighted by Crippen LogP contribution is 2.19. The maximum absolute atomic E-state index is 12.0. The maximum atomic E-state index is 12.0. The van der Waals surface area contributed by atoms with Crippen molar-refractivity contribution in [2.75, 3.05) is 11.9 Å². The third-order valence-corrected chi connectivity index (χ3v) is 3.84. The van der Waals surface area contributed by atoms with Gasteiger partial charge in [-0.1, -0.05) is 48.0 Å². The molecule has 1 atom stereocenters. The molecule has 21 heavy (non-hydrogen) atoms. The van der Waals surface area contributed by atoms with Crippen molar-refractivity contribution in [3.8, 4) is 0 Å². The molecule has 2 aromatic carbocycles. The lowest BCUT2D eigenvalue weighted by atomic mass is 10.1. The fourth-order valence-electron chi connectivity index (χ4n) is 2.06. The van der Waals surface area contributed by atoms with E-state index in [0.29, 0.717) is 11.6 Å². The van der Waals surface area contributed by atoms with Gasteiger partial charge in [0.05, 0.1) is 0 Å². The van der Waals surface area contributed by atoms with E-state index in [1.54, 1.807) is 6.07 Å². The smallest absolute Gasteiger partial charge is 0.279 e. The third kappa shape index (κ3) is 4.59. The molecule has 0 radical (unpaired) electrons. The minimum Gasteiger partial charge on any atom is -0.333 e. The summed E-state index contributed by atoms with van der Waals surface area (Å²) >= 11 is 6.05. The highest BCUT2D eigenvalue weighted by atomic mass is 35.5. The van der Waals surface area contributed by atoms with Crippen molar-refractivity contribution < 1.29 is 10.1 Å². The molecule has 110 valence electrons. The van der Waals surface area contributed by atoms with Crippen LogP contribution in [0.2, 0.25) is 5.02 Å². The fourth-order valence-corrected chi connectivity index (χ4v) is 2.24. The van der Waals surface area contributed by atoms with Gasteiger partial charge in [-0.05, 0) is 31.5 Å². The number of aryl methyl sites for hydroxylation is 1. The summed E-state index contributed by atoms with van der Waals surface area (Å²) in [5, 5.41) is 5.54. The van der Waals surface area contributed by atoms with Gasteiger partial charge in [-0.3, -0.25) is 4.79 Å². The number of anilines is 1. The van der Waals surface area contributed by atoms with Crippen LogP contribution in [0, 0.1) is 6.92 Å². The Balaban J connectivity index is 1.86. The molecule has 0 saturated heterocycles. The topological polar surface area (TPSA) is 45.7 Å². The van der Waals surface area contributed by atoms with Crippen molar-refractivity contribution in [3.63, 3.8) is 0 Å². The summed E-state index contributed by atoms with van der Waals surface area (Å²) in [6, 6.07) is 15.9. The van der Waals surface area contributed by atoms with Gasteiger partial charge in [-0.25, -0.2) is 0 Å². The summed E-state index contributed by atoms with van der Waals surface area (Å²) in [5.74, 6) is -0.0299. The molecule has 0 aliphatic heterocycles. The van der Waals surface area contributed by atoms with Crippen LogP contribution in [0.25, 0.3) is 0 Å². The number of carbonyl (C=O) groups excluding carboxylic acids is 1. The van der Waals surface area contributed by atoms with Crippen molar-refractivity contribution in [2.45, 2.75) is 19.9 Å². The van der Waals surface area contributed by atoms with Crippen LogP contribution >= 0.6 is 11.6 Å². The molecule has 0 aliphatic rings. The van der Waals surface area contributed by atoms with E-state index < -0.39 is 0 Å². The third-order valence-electron chi connectivity index (χ3n) is 3.44. The standard InChI is InChI=1S/C17H19ClN2O/c1-12-8-9-15(10-16(12)18)20-17(21)11-19-13(2)14-6-4-3-5-7-14/h3-10,13,19H,11H2,1-2H3,(H,20,21)/p+1/t13-/m0/s1. The zero-order valence-corrected chi connectivity index (χ0v) is 13.0. The molecule has 0 heterocycles. The average Bonchev–Trinajstić information content (AvgIpc) is 2.49. The molecule has 0 saturated carbocycles. The van der Waals surface area contributed by atoms with Crippen LogP contribution in [0.3, 0.4) is 0 Å². The van der Waals surface area contributed by atoms with Gasteiger partial charge in [0, 0.05) is 16.3 Å². The van der Waals surface area contributed by atoms with Gasteiger partial charge in [0.1, 0.15) is 6.04 Å². The average molecular weight is 304 g/mol. The van der Waals surface area contributed by atoms with Gasteiger partial charge in [0.25, 0.3) is 5.91 Å². The lowest BCUT2D eigenvalue weighted by Crippen LogP contribution is -2.86. The number of hydrogen-bond donors (Lipinski definition) is 2. The summed E-state index contributed by atoms with van der Waals surface area (Å²) < 4.78 is 0. The molecule has 0 spiro atoms. The van der Waals surface area contributed by atoms with E-state index in [1.165, 1.54) is 5.56 Å². The first-order chi connectivity index (χ1) is 10.1. The number of benzene rings is 2. The Hall–Kier alpha value is -1.84. The number of nitrogens with one attached hydrogen (secondary N) is 1. The minimum atomic E-state index is -0.0299. The Morgan fingerprint density at radius 1 is 1.24 bits per heavy atom. The molecule has 2 rings (SSSR count). The number of rotatable bonds is 5. The van der Waals surface area contributed by atoms with E-state index in [2.05, 4.69) is 24.4 Å². The second-order valence-corrected chi connectivity index (χ2v) is 5.56. The second kappa shape index (κ2) is 7.25. The van der Waals surface area contributed by atoms with E-state index in [4.69, 9.17) is 11.6 Å². The van der Waals surface area contributed by atoms with Crippen LogP contribution in [0.15, 0.2) is 48.5 Å². The van der Waals surface area contributed by atoms with E-state index in [-0.39, 0.29) is 11.9 Å². The van der Waals surface area contributed by atoms with E-state index in [0.717, 1.165) is 11.3 Å². The molecular weight excluding hydrogens is 284 g/mol. The van der Waals surface area contributed by atoms with Crippen LogP contribution in [0.4, 0.5) is 5.69 Å². The molecule has 0 aromatic heterocycles. The molecule has 0 fully saturated rings. The molecule has 0 bridgehead atoms. The summed E-state index contributed by atoms with van der Waals surface area (Å²) in [5.41, 5.74) is 2.94. The molecule has 3 nitrogen and oxygen atoms in total. The van der Waals surface area contributed by atoms with Crippen molar-refractivity contribution in [2.24, 2.45) is 0 Å². The van der Waals surface area contributed by atoms with Gasteiger partial charge >= 0.3 is 0 Å². The van der Waals surface area contributed by atoms with Crippen molar-refractivity contribution in [1.29, 1.82) is 0 Å². The molecule has 0 aliphatic carbocycles. The van der Waals surface area contributed by atoms with Crippen molar-refractivity contribution in [3.05, 3.63) is 64.7 Å². The van der Waals surface area contributed by atoms with E-state index >= 15 is 0 Å². The Morgan fingerprint density at radius 3 is 2.62 bits per heavy atom. The van der Waals surface area contributed by atoms with Gasteiger partial charge in [0.2, 0.25) is 0 Å². The highest BCUT2D eigenvalue weighted by molar-refractivity contribution is 6.31. The largest absolute Gasteiger partial charge is 0.333 e. The summed E-state index contributed by atoms with van der Waals surface area (Å²) in [6.07, 6.45) is 0. The molecule has 1 amide bonds. The van der Waals surface area contributed by atoms with Crippen LogP contribution < -0.4 is 10.6 Å². The Bertz CT molecular complexity index is 613. The number of halogens is 1. The first kappa shape index (κ1) is 15.5. The van der Waals surface area contributed by atoms with Gasteiger partial charge in [-0.15, -0.1) is 0 Å². The van der Waals surface area contributed by atoms with Gasteiger partial charge in [-0.2, -0.15) is 0 Å². The predicted octanol–water partition coefficient (Wildman–Crippen LogP) is 2.91.